The predicted octanol–water partition coefficient (Wildman–Crippen LogP) is 0.650. The second kappa shape index (κ2) is 5.76. The molecule has 9 heteroatoms. The third-order valence-corrected chi connectivity index (χ3v) is 2.96. The van der Waals surface area contributed by atoms with E-state index in [-0.39, 0.29) is 5.46 Å². The number of nitrogens with zero attached hydrogens (tertiary/aromatic N) is 3. The molecule has 0 unspecified atom stereocenters. The van der Waals surface area contributed by atoms with Gasteiger partial charge in [-0.15, -0.1) is 0 Å². The molecule has 0 bridgehead atoms. The number of nitrogens with two attached hydrogens (primary N) is 2. The Morgan fingerprint density at radius 1 is 1.32 bits per heavy atom. The summed E-state index contributed by atoms with van der Waals surface area (Å²) >= 11 is 0. The van der Waals surface area contributed by atoms with E-state index < -0.39 is 11.9 Å². The molecule has 4 N–H and O–H groups in total. The van der Waals surface area contributed by atoms with Crippen LogP contribution in [0.1, 0.15) is 12.6 Å². The Morgan fingerprint density at radius 3 is 2.41 bits per heavy atom. The van der Waals surface area contributed by atoms with Gasteiger partial charge in [-0.2, -0.15) is 18.3 Å². The van der Waals surface area contributed by atoms with Gasteiger partial charge in [0.2, 0.25) is 0 Å². The number of aromatic nitrogens is 2. The van der Waals surface area contributed by atoms with E-state index in [0.717, 1.165) is 4.68 Å². The molecule has 5 nitrogen and oxygen atoms in total. The van der Waals surface area contributed by atoms with Crippen LogP contribution in [-0.4, -0.2) is 17.6 Å². The molecule has 0 fully saturated rings. The molecule has 0 saturated heterocycles. The summed E-state index contributed by atoms with van der Waals surface area (Å²) in [5.74, 6) is 5.76. The standard InChI is InChI=1S/C13H15BF3N5/c1-8(18)7-21(19)9-2-4-10(5-3-9)22-12(13(15,16)17)11(14)6-20-22/h2-7H,14,18-19H2,1H3/b8-7-. The molecule has 0 saturated carbocycles. The van der Waals surface area contributed by atoms with Crippen LogP contribution in [0, 0.1) is 0 Å². The van der Waals surface area contributed by atoms with Crippen molar-refractivity contribution in [2.24, 2.45) is 11.6 Å². The maximum Gasteiger partial charge on any atom is 0.432 e. The monoisotopic (exact) mass is 309 g/mol. The summed E-state index contributed by atoms with van der Waals surface area (Å²) in [4.78, 5) is 0. The molecule has 1 aromatic carbocycles. The lowest BCUT2D eigenvalue weighted by atomic mass is 9.97. The minimum absolute atomic E-state index is 0.0683. The first-order valence-electron chi connectivity index (χ1n) is 6.40. The van der Waals surface area contributed by atoms with Gasteiger partial charge in [0.1, 0.15) is 13.5 Å². The molecule has 0 aliphatic rings. The van der Waals surface area contributed by atoms with Gasteiger partial charge in [0.05, 0.1) is 11.4 Å². The molecule has 0 amide bonds. The van der Waals surface area contributed by atoms with E-state index in [2.05, 4.69) is 5.10 Å². The molecule has 1 heterocycles. The topological polar surface area (TPSA) is 73.1 Å². The van der Waals surface area contributed by atoms with E-state index in [4.69, 9.17) is 11.6 Å². The number of halogens is 3. The highest BCUT2D eigenvalue weighted by Gasteiger charge is 2.37. The summed E-state index contributed by atoms with van der Waals surface area (Å²) in [6.45, 7) is 1.68. The molecule has 116 valence electrons. The summed E-state index contributed by atoms with van der Waals surface area (Å²) < 4.78 is 40.1. The second-order valence-corrected chi connectivity index (χ2v) is 4.88. The van der Waals surface area contributed by atoms with Crippen LogP contribution in [0.2, 0.25) is 0 Å². The Labute approximate surface area is 126 Å². The largest absolute Gasteiger partial charge is 0.432 e. The number of anilines is 1. The van der Waals surface area contributed by atoms with Crippen molar-refractivity contribution in [2.75, 3.05) is 5.01 Å². The van der Waals surface area contributed by atoms with Crippen molar-refractivity contribution in [1.29, 1.82) is 0 Å². The minimum Gasteiger partial charge on any atom is -0.401 e. The Balaban J connectivity index is 2.39. The lowest BCUT2D eigenvalue weighted by Gasteiger charge is -2.16. The van der Waals surface area contributed by atoms with Crippen LogP contribution < -0.4 is 22.0 Å². The molecular formula is C13H15BF3N5. The summed E-state index contributed by atoms with van der Waals surface area (Å²) in [6.07, 6.45) is -1.78. The molecule has 22 heavy (non-hydrogen) atoms. The quantitative estimate of drug-likeness (QED) is 0.496. The van der Waals surface area contributed by atoms with Crippen LogP contribution >= 0.6 is 0 Å². The van der Waals surface area contributed by atoms with Gasteiger partial charge in [-0.05, 0) is 36.7 Å². The Morgan fingerprint density at radius 2 is 1.91 bits per heavy atom. The fourth-order valence-corrected chi connectivity index (χ4v) is 2.03. The van der Waals surface area contributed by atoms with Crippen molar-refractivity contribution in [3.63, 3.8) is 0 Å². The van der Waals surface area contributed by atoms with Crippen molar-refractivity contribution < 1.29 is 13.2 Å². The maximum atomic E-state index is 13.1. The zero-order chi connectivity index (χ0) is 16.5. The van der Waals surface area contributed by atoms with Crippen LogP contribution in [0.15, 0.2) is 42.4 Å². The summed E-state index contributed by atoms with van der Waals surface area (Å²) in [5, 5.41) is 5.09. The number of benzene rings is 1. The van der Waals surface area contributed by atoms with Gasteiger partial charge >= 0.3 is 6.18 Å². The van der Waals surface area contributed by atoms with Gasteiger partial charge in [-0.3, -0.25) is 5.01 Å². The molecule has 1 aromatic heterocycles. The fraction of sp³-hybridized carbons (Fsp3) is 0.154. The zero-order valence-electron chi connectivity index (χ0n) is 12.1. The van der Waals surface area contributed by atoms with Crippen molar-refractivity contribution >= 4 is 19.0 Å². The number of rotatable bonds is 3. The van der Waals surface area contributed by atoms with Gasteiger partial charge in [0, 0.05) is 18.1 Å². The van der Waals surface area contributed by atoms with Crippen molar-refractivity contribution in [3.05, 3.63) is 48.1 Å². The highest BCUT2D eigenvalue weighted by molar-refractivity contribution is 6.33. The van der Waals surface area contributed by atoms with Gasteiger partial charge in [0.15, 0.2) is 0 Å². The average Bonchev–Trinajstić information content (AvgIpc) is 2.80. The Kier molecular flexibility index (Phi) is 4.18. The number of hydrogen-bond acceptors (Lipinski definition) is 4. The third kappa shape index (κ3) is 3.25. The average molecular weight is 309 g/mol. The lowest BCUT2D eigenvalue weighted by molar-refractivity contribution is -0.141. The van der Waals surface area contributed by atoms with Gasteiger partial charge in [0.25, 0.3) is 0 Å². The second-order valence-electron chi connectivity index (χ2n) is 4.88. The molecule has 0 aliphatic heterocycles. The maximum absolute atomic E-state index is 13.1. The Hall–Kier alpha value is -2.42. The van der Waals surface area contributed by atoms with Crippen molar-refractivity contribution in [1.82, 2.24) is 9.78 Å². The van der Waals surface area contributed by atoms with Crippen LogP contribution in [0.5, 0.6) is 0 Å². The molecule has 0 aliphatic carbocycles. The van der Waals surface area contributed by atoms with Crippen molar-refractivity contribution in [3.8, 4) is 5.69 Å². The number of alkyl halides is 3. The molecule has 2 aromatic rings. The lowest BCUT2D eigenvalue weighted by Crippen LogP contribution is -2.25. The predicted molar refractivity (Wildman–Crippen MR) is 81.4 cm³/mol. The zero-order valence-corrected chi connectivity index (χ0v) is 12.1. The fourth-order valence-electron chi connectivity index (χ4n) is 2.03. The number of allylic oxidation sites excluding steroid dienone is 1. The summed E-state index contributed by atoms with van der Waals surface area (Å²) in [6, 6.07) is 6.20. The van der Waals surface area contributed by atoms with E-state index in [9.17, 15) is 13.2 Å². The van der Waals surface area contributed by atoms with Crippen LogP contribution in [-0.2, 0) is 6.18 Å². The third-order valence-electron chi connectivity index (χ3n) is 2.96. The van der Waals surface area contributed by atoms with Gasteiger partial charge < -0.3 is 5.73 Å². The van der Waals surface area contributed by atoms with E-state index in [1.165, 1.54) is 37.4 Å². The number of hydrazine groups is 1. The van der Waals surface area contributed by atoms with Crippen LogP contribution in [0.3, 0.4) is 0 Å². The van der Waals surface area contributed by atoms with Gasteiger partial charge in [-0.25, -0.2) is 10.5 Å². The Bertz CT molecular complexity index is 687. The highest BCUT2D eigenvalue weighted by atomic mass is 19.4. The molecule has 0 radical (unpaired) electrons. The molecule has 0 spiro atoms. The SMILES string of the molecule is Bc1cnn(-c2ccc(N(N)/C=C(/C)N)cc2)c1C(F)(F)F. The van der Waals surface area contributed by atoms with Gasteiger partial charge in [-0.1, -0.05) is 0 Å². The first-order valence-corrected chi connectivity index (χ1v) is 6.40. The smallest absolute Gasteiger partial charge is 0.401 e. The van der Waals surface area contributed by atoms with E-state index in [0.29, 0.717) is 17.1 Å². The van der Waals surface area contributed by atoms with Crippen LogP contribution in [0.25, 0.3) is 5.69 Å². The van der Waals surface area contributed by atoms with Crippen molar-refractivity contribution in [2.45, 2.75) is 13.1 Å². The van der Waals surface area contributed by atoms with E-state index >= 15 is 0 Å². The van der Waals surface area contributed by atoms with Crippen LogP contribution in [0.4, 0.5) is 18.9 Å². The minimum atomic E-state index is -4.47. The molecule has 0 atom stereocenters. The summed E-state index contributed by atoms with van der Waals surface area (Å²) in [5.41, 5.74) is 6.20. The van der Waals surface area contributed by atoms with E-state index in [1.807, 2.05) is 0 Å². The normalized spacial score (nSPS) is 12.5. The summed E-state index contributed by atoms with van der Waals surface area (Å²) in [7, 11) is 1.37. The number of hydrogen-bond donors (Lipinski definition) is 2. The molecular weight excluding hydrogens is 294 g/mol. The highest BCUT2D eigenvalue weighted by Crippen LogP contribution is 2.29. The first kappa shape index (κ1) is 16.0. The van der Waals surface area contributed by atoms with E-state index in [1.54, 1.807) is 19.1 Å². The molecule has 2 rings (SSSR count). The first-order chi connectivity index (χ1) is 10.2.